The monoisotopic (exact) mass is 316 g/mol. The van der Waals surface area contributed by atoms with Crippen molar-refractivity contribution in [1.29, 1.82) is 0 Å². The number of hydrogen-bond donors (Lipinski definition) is 2. The van der Waals surface area contributed by atoms with E-state index >= 15 is 0 Å². The summed E-state index contributed by atoms with van der Waals surface area (Å²) in [5, 5.41) is 16.0. The van der Waals surface area contributed by atoms with Crippen molar-refractivity contribution in [1.82, 2.24) is 20.1 Å². The Morgan fingerprint density at radius 3 is 2.43 bits per heavy atom. The van der Waals surface area contributed by atoms with E-state index in [1.54, 1.807) is 10.9 Å². The molecular formula is C16H20N4O3. The minimum atomic E-state index is -1.17. The zero-order chi connectivity index (χ0) is 17.2. The standard InChI is InChI=1S/C16H20N4O3/c1-16(2,3)13(10-8-17-20(4)9-10)19-14(21)11-6-5-7-12(18-11)15(22)23/h5-9,13H,1-4H3,(H,19,21)(H,22,23). The number of aryl methyl sites for hydroxylation is 1. The highest BCUT2D eigenvalue weighted by Crippen LogP contribution is 2.32. The lowest BCUT2D eigenvalue weighted by Crippen LogP contribution is -2.37. The van der Waals surface area contributed by atoms with Gasteiger partial charge in [0, 0.05) is 18.8 Å². The van der Waals surface area contributed by atoms with Crippen LogP contribution in [0.3, 0.4) is 0 Å². The number of nitrogens with zero attached hydrogens (tertiary/aromatic N) is 3. The van der Waals surface area contributed by atoms with E-state index in [1.165, 1.54) is 18.2 Å². The van der Waals surface area contributed by atoms with Gasteiger partial charge in [0.2, 0.25) is 0 Å². The number of carbonyl (C=O) groups is 2. The molecule has 1 unspecified atom stereocenters. The minimum absolute atomic E-state index is 0.0723. The van der Waals surface area contributed by atoms with Gasteiger partial charge in [0.15, 0.2) is 0 Å². The maximum atomic E-state index is 12.5. The second-order valence-corrected chi connectivity index (χ2v) is 6.43. The summed E-state index contributed by atoms with van der Waals surface area (Å²) in [5.41, 5.74) is 0.542. The van der Waals surface area contributed by atoms with Gasteiger partial charge >= 0.3 is 5.97 Å². The molecule has 122 valence electrons. The van der Waals surface area contributed by atoms with Crippen LogP contribution in [0.15, 0.2) is 30.6 Å². The van der Waals surface area contributed by atoms with Crippen LogP contribution in [0.1, 0.15) is 53.4 Å². The predicted octanol–water partition coefficient (Wildman–Crippen LogP) is 2.03. The first-order valence-corrected chi connectivity index (χ1v) is 7.18. The number of nitrogens with one attached hydrogen (secondary N) is 1. The van der Waals surface area contributed by atoms with Gasteiger partial charge in [0.25, 0.3) is 5.91 Å². The lowest BCUT2D eigenvalue weighted by atomic mass is 9.83. The molecule has 2 N–H and O–H groups in total. The molecule has 2 rings (SSSR count). The van der Waals surface area contributed by atoms with E-state index in [2.05, 4.69) is 15.4 Å². The lowest BCUT2D eigenvalue weighted by Gasteiger charge is -2.30. The maximum absolute atomic E-state index is 12.5. The lowest BCUT2D eigenvalue weighted by molar-refractivity contribution is 0.0690. The molecule has 0 aliphatic rings. The Kier molecular flexibility index (Phi) is 4.49. The SMILES string of the molecule is Cn1cc(C(NC(=O)c2cccc(C(=O)O)n2)C(C)(C)C)cn1. The Morgan fingerprint density at radius 1 is 1.26 bits per heavy atom. The first-order valence-electron chi connectivity index (χ1n) is 7.18. The van der Waals surface area contributed by atoms with Crippen LogP contribution in [0.5, 0.6) is 0 Å². The molecular weight excluding hydrogens is 296 g/mol. The normalized spacial score (nSPS) is 12.7. The first-order chi connectivity index (χ1) is 10.7. The number of pyridine rings is 1. The summed E-state index contributed by atoms with van der Waals surface area (Å²) in [6.07, 6.45) is 3.55. The number of rotatable bonds is 4. The molecule has 0 fully saturated rings. The molecule has 7 nitrogen and oxygen atoms in total. The Labute approximate surface area is 134 Å². The molecule has 1 amide bonds. The fourth-order valence-electron chi connectivity index (χ4n) is 2.27. The molecule has 0 saturated carbocycles. The fourth-order valence-corrected chi connectivity index (χ4v) is 2.27. The zero-order valence-corrected chi connectivity index (χ0v) is 13.6. The molecule has 2 heterocycles. The van der Waals surface area contributed by atoms with Crippen molar-refractivity contribution in [2.75, 3.05) is 0 Å². The summed E-state index contributed by atoms with van der Waals surface area (Å²) in [4.78, 5) is 27.3. The van der Waals surface area contributed by atoms with Crippen LogP contribution in [-0.2, 0) is 7.05 Å². The average molecular weight is 316 g/mol. The molecule has 0 saturated heterocycles. The highest BCUT2D eigenvalue weighted by molar-refractivity contribution is 5.94. The van der Waals surface area contributed by atoms with Gasteiger partial charge in [-0.05, 0) is 17.5 Å². The second-order valence-electron chi connectivity index (χ2n) is 6.43. The Balaban J connectivity index is 2.28. The van der Waals surface area contributed by atoms with Gasteiger partial charge in [-0.2, -0.15) is 5.10 Å². The number of carboxylic acid groups (broad SMARTS) is 1. The third-order valence-electron chi connectivity index (χ3n) is 3.40. The van der Waals surface area contributed by atoms with Gasteiger partial charge in [-0.15, -0.1) is 0 Å². The first kappa shape index (κ1) is 16.7. The summed E-state index contributed by atoms with van der Waals surface area (Å²) >= 11 is 0. The number of aromatic carboxylic acids is 1. The molecule has 0 bridgehead atoms. The molecule has 0 radical (unpaired) electrons. The molecule has 0 aliphatic carbocycles. The van der Waals surface area contributed by atoms with E-state index in [4.69, 9.17) is 5.11 Å². The van der Waals surface area contributed by atoms with Crippen LogP contribution in [-0.4, -0.2) is 31.7 Å². The van der Waals surface area contributed by atoms with Crippen LogP contribution >= 0.6 is 0 Å². The predicted molar refractivity (Wildman–Crippen MR) is 84.1 cm³/mol. The van der Waals surface area contributed by atoms with Crippen molar-refractivity contribution in [2.45, 2.75) is 26.8 Å². The van der Waals surface area contributed by atoms with Crippen molar-refractivity contribution in [2.24, 2.45) is 12.5 Å². The zero-order valence-electron chi connectivity index (χ0n) is 13.6. The Hall–Kier alpha value is -2.70. The summed E-state index contributed by atoms with van der Waals surface area (Å²) < 4.78 is 1.67. The van der Waals surface area contributed by atoms with E-state index in [0.29, 0.717) is 0 Å². The van der Waals surface area contributed by atoms with Gasteiger partial charge in [-0.25, -0.2) is 9.78 Å². The Morgan fingerprint density at radius 2 is 1.91 bits per heavy atom. The minimum Gasteiger partial charge on any atom is -0.477 e. The van der Waals surface area contributed by atoms with Crippen LogP contribution in [0.25, 0.3) is 0 Å². The van der Waals surface area contributed by atoms with E-state index in [1.807, 2.05) is 34.0 Å². The molecule has 7 heteroatoms. The van der Waals surface area contributed by atoms with Crippen molar-refractivity contribution >= 4 is 11.9 Å². The number of carbonyl (C=O) groups excluding carboxylic acids is 1. The summed E-state index contributed by atoms with van der Waals surface area (Å²) in [6, 6.07) is 4.06. The van der Waals surface area contributed by atoms with Crippen molar-refractivity contribution in [3.05, 3.63) is 47.5 Å². The summed E-state index contributed by atoms with van der Waals surface area (Å²) in [6.45, 7) is 6.02. The largest absolute Gasteiger partial charge is 0.477 e. The van der Waals surface area contributed by atoms with Crippen LogP contribution in [0.4, 0.5) is 0 Å². The maximum Gasteiger partial charge on any atom is 0.354 e. The molecule has 1 atom stereocenters. The molecule has 23 heavy (non-hydrogen) atoms. The van der Waals surface area contributed by atoms with Crippen LogP contribution in [0, 0.1) is 5.41 Å². The van der Waals surface area contributed by atoms with Gasteiger partial charge in [0.05, 0.1) is 12.2 Å². The van der Waals surface area contributed by atoms with E-state index < -0.39 is 11.9 Å². The third kappa shape index (κ3) is 3.94. The van der Waals surface area contributed by atoms with E-state index in [0.717, 1.165) is 5.56 Å². The van der Waals surface area contributed by atoms with Gasteiger partial charge in [-0.3, -0.25) is 9.48 Å². The fraction of sp³-hybridized carbons (Fsp3) is 0.375. The van der Waals surface area contributed by atoms with Crippen molar-refractivity contribution < 1.29 is 14.7 Å². The summed E-state index contributed by atoms with van der Waals surface area (Å²) in [5.74, 6) is -1.59. The molecule has 0 spiro atoms. The third-order valence-corrected chi connectivity index (χ3v) is 3.40. The van der Waals surface area contributed by atoms with Crippen LogP contribution < -0.4 is 5.32 Å². The number of amides is 1. The molecule has 2 aromatic heterocycles. The van der Waals surface area contributed by atoms with Gasteiger partial charge in [-0.1, -0.05) is 26.8 Å². The number of carboxylic acids is 1. The second kappa shape index (κ2) is 6.20. The topological polar surface area (TPSA) is 97.1 Å². The van der Waals surface area contributed by atoms with Gasteiger partial charge in [0.1, 0.15) is 11.4 Å². The van der Waals surface area contributed by atoms with E-state index in [9.17, 15) is 9.59 Å². The molecule has 0 aliphatic heterocycles. The summed E-state index contributed by atoms with van der Waals surface area (Å²) in [7, 11) is 1.81. The van der Waals surface area contributed by atoms with Crippen molar-refractivity contribution in [3.63, 3.8) is 0 Å². The number of hydrogen-bond acceptors (Lipinski definition) is 4. The van der Waals surface area contributed by atoms with Gasteiger partial charge < -0.3 is 10.4 Å². The van der Waals surface area contributed by atoms with Crippen LogP contribution in [0.2, 0.25) is 0 Å². The molecule has 2 aromatic rings. The average Bonchev–Trinajstić information content (AvgIpc) is 2.89. The van der Waals surface area contributed by atoms with E-state index in [-0.39, 0.29) is 22.8 Å². The Bertz CT molecular complexity index is 731. The highest BCUT2D eigenvalue weighted by atomic mass is 16.4. The smallest absolute Gasteiger partial charge is 0.354 e. The molecule has 0 aromatic carbocycles. The van der Waals surface area contributed by atoms with Crippen molar-refractivity contribution in [3.8, 4) is 0 Å². The quantitative estimate of drug-likeness (QED) is 0.899. The number of aromatic nitrogens is 3. The highest BCUT2D eigenvalue weighted by Gasteiger charge is 2.29.